The smallest absolute Gasteiger partial charge is 0.414 e. The Labute approximate surface area is 88.6 Å². The Morgan fingerprint density at radius 3 is 3.00 bits per heavy atom. The molecule has 0 saturated heterocycles. The molecule has 0 radical (unpaired) electrons. The van der Waals surface area contributed by atoms with Gasteiger partial charge in [0, 0.05) is 12.6 Å². The van der Waals surface area contributed by atoms with Gasteiger partial charge in [-0.15, -0.1) is 0 Å². The fourth-order valence-electron chi connectivity index (χ4n) is 1.89. The van der Waals surface area contributed by atoms with Gasteiger partial charge in [0.05, 0.1) is 12.8 Å². The molecule has 2 N–H and O–H groups in total. The number of amides is 1. The van der Waals surface area contributed by atoms with E-state index in [2.05, 4.69) is 0 Å². The lowest BCUT2D eigenvalue weighted by molar-refractivity contribution is 0.178. The van der Waals surface area contributed by atoms with Crippen molar-refractivity contribution >= 4 is 11.8 Å². The molecule has 0 spiro atoms. The number of benzene rings is 1. The topological polar surface area (TPSA) is 55.6 Å². The van der Waals surface area contributed by atoms with Crippen molar-refractivity contribution in [3.8, 4) is 0 Å². The number of para-hydroxylation sites is 1. The highest BCUT2D eigenvalue weighted by molar-refractivity contribution is 5.89. The van der Waals surface area contributed by atoms with Gasteiger partial charge in [0.25, 0.3) is 0 Å². The molecule has 0 bridgehead atoms. The summed E-state index contributed by atoms with van der Waals surface area (Å²) in [5, 5.41) is 0. The van der Waals surface area contributed by atoms with Crippen LogP contribution in [0.3, 0.4) is 0 Å². The van der Waals surface area contributed by atoms with Crippen molar-refractivity contribution in [2.24, 2.45) is 5.73 Å². The van der Waals surface area contributed by atoms with E-state index < -0.39 is 0 Å². The number of rotatable bonds is 0. The molecule has 1 aromatic carbocycles. The first-order valence-corrected chi connectivity index (χ1v) is 4.94. The van der Waals surface area contributed by atoms with E-state index >= 15 is 0 Å². The largest absolute Gasteiger partial charge is 0.452 e. The molecule has 80 valence electrons. The van der Waals surface area contributed by atoms with Gasteiger partial charge < -0.3 is 10.5 Å². The molecule has 1 unspecified atom stereocenters. The van der Waals surface area contributed by atoms with E-state index in [0.29, 0.717) is 6.54 Å². The number of nitrogens with zero attached hydrogens (tertiary/aromatic N) is 1. The zero-order valence-corrected chi connectivity index (χ0v) is 8.64. The number of nitrogens with two attached hydrogens (primary N) is 1. The molecular formula is C11H14N2O2. The van der Waals surface area contributed by atoms with Crippen molar-refractivity contribution in [2.45, 2.75) is 12.5 Å². The van der Waals surface area contributed by atoms with Gasteiger partial charge in [-0.2, -0.15) is 0 Å². The number of carbonyl (C=O) groups excluding carboxylic acids is 1. The van der Waals surface area contributed by atoms with Gasteiger partial charge in [-0.3, -0.25) is 4.90 Å². The van der Waals surface area contributed by atoms with Crippen LogP contribution in [0, 0.1) is 0 Å². The molecule has 1 amide bonds. The molecule has 0 aromatic heterocycles. The minimum absolute atomic E-state index is 0.0158. The summed E-state index contributed by atoms with van der Waals surface area (Å²) in [6.45, 7) is 0.616. The first-order chi connectivity index (χ1) is 7.24. The minimum atomic E-state index is -0.325. The molecule has 2 rings (SSSR count). The summed E-state index contributed by atoms with van der Waals surface area (Å²) < 4.78 is 4.73. The highest BCUT2D eigenvalue weighted by atomic mass is 16.5. The van der Waals surface area contributed by atoms with Gasteiger partial charge in [-0.1, -0.05) is 18.2 Å². The Morgan fingerprint density at radius 2 is 2.27 bits per heavy atom. The number of ether oxygens (including phenoxy) is 1. The second kappa shape index (κ2) is 3.90. The monoisotopic (exact) mass is 206 g/mol. The molecule has 15 heavy (non-hydrogen) atoms. The number of hydrogen-bond acceptors (Lipinski definition) is 3. The number of hydrogen-bond donors (Lipinski definition) is 1. The lowest BCUT2D eigenvalue weighted by atomic mass is 9.98. The molecule has 1 aromatic rings. The van der Waals surface area contributed by atoms with Crippen LogP contribution in [-0.4, -0.2) is 19.7 Å². The summed E-state index contributed by atoms with van der Waals surface area (Å²) in [4.78, 5) is 13.1. The molecule has 1 heterocycles. The molecule has 0 fully saturated rings. The maximum absolute atomic E-state index is 11.5. The minimum Gasteiger partial charge on any atom is -0.452 e. The van der Waals surface area contributed by atoms with Gasteiger partial charge in [0.2, 0.25) is 0 Å². The summed E-state index contributed by atoms with van der Waals surface area (Å²) >= 11 is 0. The van der Waals surface area contributed by atoms with E-state index in [9.17, 15) is 4.79 Å². The average molecular weight is 206 g/mol. The summed E-state index contributed by atoms with van der Waals surface area (Å²) in [6.07, 6.45) is 0.445. The zero-order chi connectivity index (χ0) is 10.8. The lowest BCUT2D eigenvalue weighted by Crippen LogP contribution is -2.38. The summed E-state index contributed by atoms with van der Waals surface area (Å²) in [7, 11) is 1.39. The van der Waals surface area contributed by atoms with Crippen LogP contribution in [0.1, 0.15) is 18.0 Å². The van der Waals surface area contributed by atoms with Gasteiger partial charge in [0.15, 0.2) is 0 Å². The van der Waals surface area contributed by atoms with Crippen LogP contribution < -0.4 is 10.6 Å². The second-order valence-corrected chi connectivity index (χ2v) is 3.58. The van der Waals surface area contributed by atoms with Crippen LogP contribution in [0.25, 0.3) is 0 Å². The predicted molar refractivity (Wildman–Crippen MR) is 57.7 cm³/mol. The van der Waals surface area contributed by atoms with Crippen molar-refractivity contribution in [2.75, 3.05) is 18.6 Å². The number of methoxy groups -OCH3 is 1. The molecule has 1 atom stereocenters. The lowest BCUT2D eigenvalue weighted by Gasteiger charge is -2.31. The number of fused-ring (bicyclic) bond motifs is 1. The van der Waals surface area contributed by atoms with Gasteiger partial charge in [-0.05, 0) is 18.1 Å². The molecular weight excluding hydrogens is 192 g/mol. The maximum Gasteiger partial charge on any atom is 0.414 e. The summed E-state index contributed by atoms with van der Waals surface area (Å²) in [5.41, 5.74) is 7.84. The van der Waals surface area contributed by atoms with Crippen LogP contribution in [0.4, 0.5) is 10.5 Å². The van der Waals surface area contributed by atoms with Crippen molar-refractivity contribution < 1.29 is 9.53 Å². The van der Waals surface area contributed by atoms with E-state index in [0.717, 1.165) is 17.7 Å². The number of carbonyl (C=O) groups is 1. The van der Waals surface area contributed by atoms with E-state index in [1.165, 1.54) is 7.11 Å². The Morgan fingerprint density at radius 1 is 1.53 bits per heavy atom. The second-order valence-electron chi connectivity index (χ2n) is 3.58. The Kier molecular flexibility index (Phi) is 2.60. The van der Waals surface area contributed by atoms with Crippen LogP contribution in [0.2, 0.25) is 0 Å². The van der Waals surface area contributed by atoms with Crippen LogP contribution >= 0.6 is 0 Å². The third-order valence-corrected chi connectivity index (χ3v) is 2.69. The van der Waals surface area contributed by atoms with Crippen molar-refractivity contribution in [1.29, 1.82) is 0 Å². The molecule has 4 nitrogen and oxygen atoms in total. The van der Waals surface area contributed by atoms with Crippen molar-refractivity contribution in [3.05, 3.63) is 29.8 Å². The fraction of sp³-hybridized carbons (Fsp3) is 0.364. The van der Waals surface area contributed by atoms with Crippen molar-refractivity contribution in [1.82, 2.24) is 0 Å². The first kappa shape index (κ1) is 9.98. The average Bonchev–Trinajstić information content (AvgIpc) is 2.29. The molecule has 4 heteroatoms. The van der Waals surface area contributed by atoms with Gasteiger partial charge in [-0.25, -0.2) is 4.79 Å². The Hall–Kier alpha value is -1.55. The standard InChI is InChI=1S/C11H14N2O2/c1-15-11(14)13-7-6-9(12)8-4-2-3-5-10(8)13/h2-5,9H,6-7,12H2,1H3. The van der Waals surface area contributed by atoms with E-state index in [-0.39, 0.29) is 12.1 Å². The zero-order valence-electron chi connectivity index (χ0n) is 8.64. The summed E-state index contributed by atoms with van der Waals surface area (Å²) in [5.74, 6) is 0. The van der Waals surface area contributed by atoms with Gasteiger partial charge in [0.1, 0.15) is 0 Å². The van der Waals surface area contributed by atoms with Crippen LogP contribution in [0.15, 0.2) is 24.3 Å². The van der Waals surface area contributed by atoms with E-state index in [1.807, 2.05) is 24.3 Å². The Balaban J connectivity index is 2.40. The van der Waals surface area contributed by atoms with Gasteiger partial charge >= 0.3 is 6.09 Å². The predicted octanol–water partition coefficient (Wildman–Crippen LogP) is 1.66. The van der Waals surface area contributed by atoms with Crippen molar-refractivity contribution in [3.63, 3.8) is 0 Å². The first-order valence-electron chi connectivity index (χ1n) is 4.94. The normalized spacial score (nSPS) is 19.6. The number of anilines is 1. The van der Waals surface area contributed by atoms with E-state index in [4.69, 9.17) is 10.5 Å². The highest BCUT2D eigenvalue weighted by Crippen LogP contribution is 2.32. The maximum atomic E-state index is 11.5. The third-order valence-electron chi connectivity index (χ3n) is 2.69. The molecule has 1 aliphatic rings. The fourth-order valence-corrected chi connectivity index (χ4v) is 1.89. The van der Waals surface area contributed by atoms with Crippen LogP contribution in [-0.2, 0) is 4.74 Å². The molecule has 1 aliphatic heterocycles. The highest BCUT2D eigenvalue weighted by Gasteiger charge is 2.26. The van der Waals surface area contributed by atoms with E-state index in [1.54, 1.807) is 4.90 Å². The quantitative estimate of drug-likeness (QED) is 0.702. The molecule has 0 saturated carbocycles. The Bertz CT molecular complexity index is 379. The molecule has 0 aliphatic carbocycles. The summed E-state index contributed by atoms with van der Waals surface area (Å²) in [6, 6.07) is 7.69. The SMILES string of the molecule is COC(=O)N1CCC(N)c2ccccc21. The third kappa shape index (κ3) is 1.68. The van der Waals surface area contributed by atoms with Crippen LogP contribution in [0.5, 0.6) is 0 Å².